The van der Waals surface area contributed by atoms with Gasteiger partial charge in [-0.15, -0.1) is 11.6 Å². The SMILES string of the molecule is CC(C)N(CCCCl)S(=O)(=O)c1c(Cl)cc(Br)cc1Cl. The minimum atomic E-state index is -3.76. The molecule has 3 nitrogen and oxygen atoms in total. The molecule has 1 aromatic carbocycles. The van der Waals surface area contributed by atoms with Gasteiger partial charge < -0.3 is 0 Å². The Morgan fingerprint density at radius 1 is 1.25 bits per heavy atom. The van der Waals surface area contributed by atoms with Crippen LogP contribution in [0.15, 0.2) is 21.5 Å². The van der Waals surface area contributed by atoms with E-state index in [0.29, 0.717) is 23.3 Å². The Morgan fingerprint density at radius 2 is 1.75 bits per heavy atom. The third-order valence-electron chi connectivity index (χ3n) is 2.62. The van der Waals surface area contributed by atoms with Crippen LogP contribution in [0.5, 0.6) is 0 Å². The van der Waals surface area contributed by atoms with E-state index >= 15 is 0 Å². The lowest BCUT2D eigenvalue weighted by Gasteiger charge is -2.26. The highest BCUT2D eigenvalue weighted by molar-refractivity contribution is 9.10. The second-order valence-corrected chi connectivity index (χ2v) is 8.39. The molecule has 0 heterocycles. The first kappa shape index (κ1) is 18.5. The van der Waals surface area contributed by atoms with E-state index < -0.39 is 10.0 Å². The summed E-state index contributed by atoms with van der Waals surface area (Å²) in [5.74, 6) is 0.389. The molecule has 0 spiro atoms. The Hall–Kier alpha value is 0.480. The van der Waals surface area contributed by atoms with Crippen LogP contribution in [0.25, 0.3) is 0 Å². The second kappa shape index (κ2) is 7.65. The number of hydrogen-bond acceptors (Lipinski definition) is 2. The van der Waals surface area contributed by atoms with Crippen molar-refractivity contribution >= 4 is 60.8 Å². The predicted octanol–water partition coefficient (Wildman–Crippen LogP) is 4.78. The largest absolute Gasteiger partial charge is 0.246 e. The lowest BCUT2D eigenvalue weighted by atomic mass is 10.3. The minimum absolute atomic E-state index is 0.0627. The minimum Gasteiger partial charge on any atom is -0.207 e. The Labute approximate surface area is 143 Å². The molecule has 0 aliphatic heterocycles. The zero-order valence-electron chi connectivity index (χ0n) is 11.0. The van der Waals surface area contributed by atoms with Crippen LogP contribution in [0.1, 0.15) is 20.3 Å². The summed E-state index contributed by atoms with van der Waals surface area (Å²) in [4.78, 5) is -0.0627. The van der Waals surface area contributed by atoms with Crippen LogP contribution < -0.4 is 0 Å². The van der Waals surface area contributed by atoms with E-state index in [9.17, 15) is 8.42 Å². The molecule has 0 aromatic heterocycles. The summed E-state index contributed by atoms with van der Waals surface area (Å²) in [5, 5.41) is 0.196. The summed E-state index contributed by atoms with van der Waals surface area (Å²) < 4.78 is 27.4. The summed E-state index contributed by atoms with van der Waals surface area (Å²) in [6, 6.07) is 2.82. The van der Waals surface area contributed by atoms with Crippen molar-refractivity contribution in [1.29, 1.82) is 0 Å². The number of alkyl halides is 1. The van der Waals surface area contributed by atoms with Crippen molar-refractivity contribution in [3.63, 3.8) is 0 Å². The Morgan fingerprint density at radius 3 is 2.15 bits per heavy atom. The van der Waals surface area contributed by atoms with Crippen molar-refractivity contribution in [2.24, 2.45) is 0 Å². The molecule has 0 amide bonds. The fourth-order valence-electron chi connectivity index (χ4n) is 1.76. The lowest BCUT2D eigenvalue weighted by Crippen LogP contribution is -2.38. The maximum Gasteiger partial charge on any atom is 0.246 e. The summed E-state index contributed by atoms with van der Waals surface area (Å²) in [7, 11) is -3.76. The highest BCUT2D eigenvalue weighted by Gasteiger charge is 2.31. The van der Waals surface area contributed by atoms with Crippen molar-refractivity contribution in [3.8, 4) is 0 Å². The smallest absolute Gasteiger partial charge is 0.207 e. The Bertz CT molecular complexity index is 555. The lowest BCUT2D eigenvalue weighted by molar-refractivity contribution is 0.355. The van der Waals surface area contributed by atoms with Gasteiger partial charge in [0.15, 0.2) is 0 Å². The molecule has 1 rings (SSSR count). The highest BCUT2D eigenvalue weighted by atomic mass is 79.9. The molecule has 0 atom stereocenters. The summed E-state index contributed by atoms with van der Waals surface area (Å²) in [6.45, 7) is 3.92. The molecule has 1 aromatic rings. The maximum absolute atomic E-state index is 12.7. The third kappa shape index (κ3) is 4.24. The Balaban J connectivity index is 3.34. The molecule has 0 fully saturated rings. The second-order valence-electron chi connectivity index (χ2n) is 4.45. The summed E-state index contributed by atoms with van der Waals surface area (Å²) >= 11 is 21.0. The fourth-order valence-corrected chi connectivity index (χ4v) is 5.45. The number of sulfonamides is 1. The molecule has 20 heavy (non-hydrogen) atoms. The zero-order chi connectivity index (χ0) is 15.5. The molecule has 0 N–H and O–H groups in total. The number of nitrogens with zero attached hydrogens (tertiary/aromatic N) is 1. The number of rotatable bonds is 6. The van der Waals surface area contributed by atoms with Crippen LogP contribution >= 0.6 is 50.7 Å². The van der Waals surface area contributed by atoms with E-state index in [0.717, 1.165) is 0 Å². The number of benzene rings is 1. The van der Waals surface area contributed by atoms with Gasteiger partial charge in [0.2, 0.25) is 10.0 Å². The molecule has 0 aliphatic carbocycles. The van der Waals surface area contributed by atoms with Gasteiger partial charge in [0, 0.05) is 22.9 Å². The van der Waals surface area contributed by atoms with Crippen molar-refractivity contribution in [3.05, 3.63) is 26.7 Å². The number of hydrogen-bond donors (Lipinski definition) is 0. The summed E-state index contributed by atoms with van der Waals surface area (Å²) in [6.07, 6.45) is 0.560. The van der Waals surface area contributed by atoms with E-state index in [1.807, 2.05) is 0 Å². The third-order valence-corrected chi connectivity index (χ3v) is 6.34. The van der Waals surface area contributed by atoms with Gasteiger partial charge in [-0.1, -0.05) is 39.1 Å². The Kier molecular flexibility index (Phi) is 7.09. The summed E-state index contributed by atoms with van der Waals surface area (Å²) in [5.41, 5.74) is 0. The van der Waals surface area contributed by atoms with Crippen LogP contribution in [0.4, 0.5) is 0 Å². The predicted molar refractivity (Wildman–Crippen MR) is 88.5 cm³/mol. The molecule has 0 saturated heterocycles. The standard InChI is InChI=1S/C12H15BrCl3NO2S/c1-8(2)17(5-3-4-14)20(18,19)12-10(15)6-9(13)7-11(12)16/h6-8H,3-5H2,1-2H3. The quantitative estimate of drug-likeness (QED) is 0.617. The van der Waals surface area contributed by atoms with Gasteiger partial charge in [-0.25, -0.2) is 8.42 Å². The van der Waals surface area contributed by atoms with Crippen molar-refractivity contribution in [2.75, 3.05) is 12.4 Å². The van der Waals surface area contributed by atoms with Crippen LogP contribution in [-0.2, 0) is 10.0 Å². The molecule has 0 radical (unpaired) electrons. The molecular formula is C12H15BrCl3NO2S. The van der Waals surface area contributed by atoms with Crippen LogP contribution in [0.2, 0.25) is 10.0 Å². The number of halogens is 4. The fraction of sp³-hybridized carbons (Fsp3) is 0.500. The average Bonchev–Trinajstić information content (AvgIpc) is 2.26. The maximum atomic E-state index is 12.7. The average molecular weight is 424 g/mol. The van der Waals surface area contributed by atoms with Crippen molar-refractivity contribution < 1.29 is 8.42 Å². The van der Waals surface area contributed by atoms with E-state index in [1.165, 1.54) is 16.4 Å². The molecule has 0 aliphatic rings. The molecule has 8 heteroatoms. The molecule has 0 unspecified atom stereocenters. The first-order valence-electron chi connectivity index (χ1n) is 5.94. The van der Waals surface area contributed by atoms with Crippen LogP contribution in [0.3, 0.4) is 0 Å². The van der Waals surface area contributed by atoms with Gasteiger partial charge >= 0.3 is 0 Å². The van der Waals surface area contributed by atoms with Crippen LogP contribution in [0, 0.1) is 0 Å². The highest BCUT2D eigenvalue weighted by Crippen LogP contribution is 2.35. The van der Waals surface area contributed by atoms with Gasteiger partial charge in [0.1, 0.15) is 4.90 Å². The molecular weight excluding hydrogens is 408 g/mol. The van der Waals surface area contributed by atoms with Gasteiger partial charge in [-0.2, -0.15) is 4.31 Å². The van der Waals surface area contributed by atoms with Gasteiger partial charge in [-0.05, 0) is 32.4 Å². The van der Waals surface area contributed by atoms with Crippen molar-refractivity contribution in [1.82, 2.24) is 4.31 Å². The topological polar surface area (TPSA) is 37.4 Å². The van der Waals surface area contributed by atoms with Crippen LogP contribution in [-0.4, -0.2) is 31.2 Å². The van der Waals surface area contributed by atoms with E-state index in [1.54, 1.807) is 13.8 Å². The van der Waals surface area contributed by atoms with Crippen molar-refractivity contribution in [2.45, 2.75) is 31.2 Å². The zero-order valence-corrected chi connectivity index (χ0v) is 15.7. The van der Waals surface area contributed by atoms with E-state index in [2.05, 4.69) is 15.9 Å². The van der Waals surface area contributed by atoms with Gasteiger partial charge in [-0.3, -0.25) is 0 Å². The molecule has 0 saturated carbocycles. The van der Waals surface area contributed by atoms with E-state index in [-0.39, 0.29) is 21.0 Å². The molecule has 114 valence electrons. The normalized spacial score (nSPS) is 12.4. The molecule has 0 bridgehead atoms. The first-order chi connectivity index (χ1) is 9.21. The van der Waals surface area contributed by atoms with Gasteiger partial charge in [0.05, 0.1) is 10.0 Å². The van der Waals surface area contributed by atoms with Gasteiger partial charge in [0.25, 0.3) is 0 Å². The van der Waals surface area contributed by atoms with E-state index in [4.69, 9.17) is 34.8 Å². The monoisotopic (exact) mass is 421 g/mol. The first-order valence-corrected chi connectivity index (χ1v) is 9.46.